The molecular weight excluding hydrogens is 288 g/mol. The summed E-state index contributed by atoms with van der Waals surface area (Å²) in [6.45, 7) is 9.55. The lowest BCUT2D eigenvalue weighted by molar-refractivity contribution is -0.125. The molecule has 1 aromatic rings. The van der Waals surface area contributed by atoms with Crippen molar-refractivity contribution in [2.75, 3.05) is 26.2 Å². The zero-order chi connectivity index (χ0) is 16.9. The van der Waals surface area contributed by atoms with Crippen molar-refractivity contribution in [3.05, 3.63) is 35.4 Å². The van der Waals surface area contributed by atoms with Crippen LogP contribution >= 0.6 is 0 Å². The Morgan fingerprint density at radius 3 is 2.43 bits per heavy atom. The molecule has 0 atom stereocenters. The van der Waals surface area contributed by atoms with Crippen molar-refractivity contribution in [2.24, 2.45) is 5.41 Å². The number of ketones is 1. The van der Waals surface area contributed by atoms with E-state index in [0.717, 1.165) is 25.2 Å². The summed E-state index contributed by atoms with van der Waals surface area (Å²) in [4.78, 5) is 27.1. The van der Waals surface area contributed by atoms with Crippen LogP contribution < -0.4 is 5.32 Å². The number of rotatable bonds is 6. The van der Waals surface area contributed by atoms with Gasteiger partial charge in [-0.3, -0.25) is 9.59 Å². The summed E-state index contributed by atoms with van der Waals surface area (Å²) in [6.07, 6.45) is 2.82. The van der Waals surface area contributed by atoms with Gasteiger partial charge < -0.3 is 10.2 Å². The average molecular weight is 316 g/mol. The van der Waals surface area contributed by atoms with Crippen LogP contribution in [0.2, 0.25) is 0 Å². The maximum Gasteiger partial charge on any atom is 0.251 e. The van der Waals surface area contributed by atoms with E-state index in [4.69, 9.17) is 0 Å². The van der Waals surface area contributed by atoms with Crippen LogP contribution in [0.25, 0.3) is 0 Å². The van der Waals surface area contributed by atoms with Crippen molar-refractivity contribution < 1.29 is 9.59 Å². The fourth-order valence-electron chi connectivity index (χ4n) is 2.76. The van der Waals surface area contributed by atoms with Crippen LogP contribution in [0, 0.1) is 5.41 Å². The Kier molecular flexibility index (Phi) is 5.94. The van der Waals surface area contributed by atoms with Crippen LogP contribution in [0.5, 0.6) is 0 Å². The Balaban J connectivity index is 1.95. The van der Waals surface area contributed by atoms with Gasteiger partial charge in [0, 0.05) is 30.5 Å². The smallest absolute Gasteiger partial charge is 0.251 e. The molecule has 1 aliphatic heterocycles. The summed E-state index contributed by atoms with van der Waals surface area (Å²) in [5.41, 5.74) is 1.04. The SMILES string of the molecule is CC(C)(C)C(=O)Cc1ccccc1C(=O)NCCN1CCCC1. The van der Waals surface area contributed by atoms with E-state index in [9.17, 15) is 9.59 Å². The van der Waals surface area contributed by atoms with Gasteiger partial charge in [-0.2, -0.15) is 0 Å². The van der Waals surface area contributed by atoms with Crippen LogP contribution in [0.1, 0.15) is 49.5 Å². The largest absolute Gasteiger partial charge is 0.351 e. The Morgan fingerprint density at radius 1 is 1.13 bits per heavy atom. The van der Waals surface area contributed by atoms with E-state index in [2.05, 4.69) is 10.2 Å². The number of hydrogen-bond acceptors (Lipinski definition) is 3. The Morgan fingerprint density at radius 2 is 1.78 bits per heavy atom. The highest BCUT2D eigenvalue weighted by Gasteiger charge is 2.23. The highest BCUT2D eigenvalue weighted by atomic mass is 16.1. The van der Waals surface area contributed by atoms with E-state index in [1.807, 2.05) is 39.0 Å². The normalized spacial score (nSPS) is 15.6. The number of amides is 1. The van der Waals surface area contributed by atoms with Crippen LogP contribution in [-0.2, 0) is 11.2 Å². The first-order valence-electron chi connectivity index (χ1n) is 8.49. The molecule has 0 saturated carbocycles. The predicted molar refractivity (Wildman–Crippen MR) is 92.6 cm³/mol. The molecule has 1 amide bonds. The van der Waals surface area contributed by atoms with Crippen molar-refractivity contribution >= 4 is 11.7 Å². The molecule has 1 saturated heterocycles. The van der Waals surface area contributed by atoms with Gasteiger partial charge in [0.1, 0.15) is 5.78 Å². The number of hydrogen-bond donors (Lipinski definition) is 1. The van der Waals surface area contributed by atoms with E-state index >= 15 is 0 Å². The zero-order valence-corrected chi connectivity index (χ0v) is 14.5. The van der Waals surface area contributed by atoms with E-state index in [0.29, 0.717) is 18.5 Å². The Labute approximate surface area is 139 Å². The summed E-state index contributed by atoms with van der Waals surface area (Å²) in [6, 6.07) is 7.40. The highest BCUT2D eigenvalue weighted by molar-refractivity contribution is 5.97. The van der Waals surface area contributed by atoms with Crippen molar-refractivity contribution in [1.82, 2.24) is 10.2 Å². The third-order valence-corrected chi connectivity index (χ3v) is 4.36. The lowest BCUT2D eigenvalue weighted by Crippen LogP contribution is -2.34. The molecular formula is C19H28N2O2. The van der Waals surface area contributed by atoms with Crippen molar-refractivity contribution in [2.45, 2.75) is 40.0 Å². The molecule has 1 fully saturated rings. The fraction of sp³-hybridized carbons (Fsp3) is 0.579. The summed E-state index contributed by atoms with van der Waals surface area (Å²) in [7, 11) is 0. The third kappa shape index (κ3) is 5.17. The molecule has 0 spiro atoms. The van der Waals surface area contributed by atoms with E-state index in [1.165, 1.54) is 12.8 Å². The molecule has 1 aromatic carbocycles. The summed E-state index contributed by atoms with van der Waals surface area (Å²) < 4.78 is 0. The molecule has 0 radical (unpaired) electrons. The van der Waals surface area contributed by atoms with Gasteiger partial charge in [-0.1, -0.05) is 39.0 Å². The lowest BCUT2D eigenvalue weighted by atomic mass is 9.86. The van der Waals surface area contributed by atoms with Crippen molar-refractivity contribution in [3.63, 3.8) is 0 Å². The monoisotopic (exact) mass is 316 g/mol. The first-order valence-corrected chi connectivity index (χ1v) is 8.49. The van der Waals surface area contributed by atoms with Gasteiger partial charge in [0.05, 0.1) is 0 Å². The molecule has 23 heavy (non-hydrogen) atoms. The van der Waals surface area contributed by atoms with Gasteiger partial charge in [-0.15, -0.1) is 0 Å². The molecule has 4 nitrogen and oxygen atoms in total. The molecule has 0 unspecified atom stereocenters. The molecule has 0 bridgehead atoms. The van der Waals surface area contributed by atoms with Gasteiger partial charge in [0.2, 0.25) is 0 Å². The summed E-state index contributed by atoms with van der Waals surface area (Å²) in [5.74, 6) is 0.0660. The molecule has 1 aliphatic rings. The topological polar surface area (TPSA) is 49.4 Å². The number of likely N-dealkylation sites (tertiary alicyclic amines) is 1. The molecule has 0 aromatic heterocycles. The zero-order valence-electron chi connectivity index (χ0n) is 14.5. The molecule has 2 rings (SSSR count). The van der Waals surface area contributed by atoms with Crippen molar-refractivity contribution in [1.29, 1.82) is 0 Å². The summed E-state index contributed by atoms with van der Waals surface area (Å²) >= 11 is 0. The number of Topliss-reactive ketones (excluding diaryl/α,β-unsaturated/α-hetero) is 1. The maximum absolute atomic E-state index is 12.4. The van der Waals surface area contributed by atoms with Crippen molar-refractivity contribution in [3.8, 4) is 0 Å². The second-order valence-corrected chi connectivity index (χ2v) is 7.31. The van der Waals surface area contributed by atoms with E-state index in [-0.39, 0.29) is 17.1 Å². The lowest BCUT2D eigenvalue weighted by Gasteiger charge is -2.18. The number of nitrogens with one attached hydrogen (secondary N) is 1. The third-order valence-electron chi connectivity index (χ3n) is 4.36. The number of carbonyl (C=O) groups is 2. The van der Waals surface area contributed by atoms with Gasteiger partial charge in [-0.05, 0) is 37.6 Å². The highest BCUT2D eigenvalue weighted by Crippen LogP contribution is 2.19. The molecule has 126 valence electrons. The molecule has 1 N–H and O–H groups in total. The molecule has 4 heteroatoms. The summed E-state index contributed by atoms with van der Waals surface area (Å²) in [5, 5.41) is 2.99. The van der Waals surface area contributed by atoms with Gasteiger partial charge in [0.25, 0.3) is 5.91 Å². The second-order valence-electron chi connectivity index (χ2n) is 7.31. The minimum absolute atomic E-state index is 0.0819. The molecule has 0 aliphatic carbocycles. The van der Waals surface area contributed by atoms with Crippen LogP contribution in [0.3, 0.4) is 0 Å². The standard InChI is InChI=1S/C19H28N2O2/c1-19(2,3)17(22)14-15-8-4-5-9-16(15)18(23)20-10-13-21-11-6-7-12-21/h4-5,8-9H,6-7,10-14H2,1-3H3,(H,20,23). The van der Waals surface area contributed by atoms with Gasteiger partial charge in [-0.25, -0.2) is 0 Å². The number of nitrogens with zero attached hydrogens (tertiary/aromatic N) is 1. The maximum atomic E-state index is 12.4. The average Bonchev–Trinajstić information content (AvgIpc) is 3.00. The van der Waals surface area contributed by atoms with Crippen LogP contribution in [0.4, 0.5) is 0 Å². The van der Waals surface area contributed by atoms with Gasteiger partial charge in [0.15, 0.2) is 0 Å². The first-order chi connectivity index (χ1) is 10.9. The minimum Gasteiger partial charge on any atom is -0.351 e. The Bertz CT molecular complexity index is 555. The van der Waals surface area contributed by atoms with Crippen LogP contribution in [-0.4, -0.2) is 42.8 Å². The number of benzene rings is 1. The second kappa shape index (κ2) is 7.73. The minimum atomic E-state index is -0.390. The fourth-order valence-corrected chi connectivity index (χ4v) is 2.76. The van der Waals surface area contributed by atoms with Gasteiger partial charge >= 0.3 is 0 Å². The van der Waals surface area contributed by atoms with E-state index in [1.54, 1.807) is 6.07 Å². The predicted octanol–water partition coefficient (Wildman–Crippen LogP) is 2.67. The quantitative estimate of drug-likeness (QED) is 0.878. The van der Waals surface area contributed by atoms with E-state index < -0.39 is 0 Å². The number of carbonyl (C=O) groups excluding carboxylic acids is 2. The first kappa shape index (κ1) is 17.7. The van der Waals surface area contributed by atoms with Crippen LogP contribution in [0.15, 0.2) is 24.3 Å². The Hall–Kier alpha value is -1.68. The molecule has 1 heterocycles.